The van der Waals surface area contributed by atoms with Crippen LogP contribution < -0.4 is 5.32 Å². The van der Waals surface area contributed by atoms with E-state index < -0.39 is 0 Å². The van der Waals surface area contributed by atoms with Crippen LogP contribution in [0.3, 0.4) is 0 Å². The molecule has 15 heavy (non-hydrogen) atoms. The fraction of sp³-hybridized carbons (Fsp3) is 0.273. The molecule has 0 saturated heterocycles. The molecule has 4 heteroatoms. The van der Waals surface area contributed by atoms with Gasteiger partial charge < -0.3 is 10.7 Å². The summed E-state index contributed by atoms with van der Waals surface area (Å²) in [5.41, 5.74) is 2.47. The van der Waals surface area contributed by atoms with Gasteiger partial charge in [-0.15, -0.1) is 0 Å². The van der Waals surface area contributed by atoms with Gasteiger partial charge in [-0.05, 0) is 31.5 Å². The zero-order chi connectivity index (χ0) is 11.6. The Bertz CT molecular complexity index is 427. The van der Waals surface area contributed by atoms with Crippen molar-refractivity contribution in [1.29, 1.82) is 5.41 Å². The maximum absolute atomic E-state index is 11.0. The van der Waals surface area contributed by atoms with Gasteiger partial charge in [-0.25, -0.2) is 0 Å². The SMILES string of the molecule is CC(=N)c1c(Cl)cc(C)cc1NC(C)=O. The standard InChI is InChI=1S/C11H13ClN2O/c1-6-4-9(12)11(7(2)13)10(5-6)14-8(3)15/h4-5,13H,1-3H3,(H,14,15). The summed E-state index contributed by atoms with van der Waals surface area (Å²) in [6.07, 6.45) is 0. The summed E-state index contributed by atoms with van der Waals surface area (Å²) in [5.74, 6) is -0.167. The predicted octanol–water partition coefficient (Wildman–Crippen LogP) is 2.99. The second-order valence-corrected chi connectivity index (χ2v) is 3.88. The normalized spacial score (nSPS) is 9.87. The first-order valence-corrected chi connectivity index (χ1v) is 4.93. The molecule has 0 aliphatic heterocycles. The van der Waals surface area contributed by atoms with Crippen LogP contribution in [-0.2, 0) is 4.79 Å². The molecule has 0 spiro atoms. The fourth-order valence-electron chi connectivity index (χ4n) is 1.41. The fourth-order valence-corrected chi connectivity index (χ4v) is 1.83. The summed E-state index contributed by atoms with van der Waals surface area (Å²) in [4.78, 5) is 11.0. The summed E-state index contributed by atoms with van der Waals surface area (Å²) in [6.45, 7) is 4.96. The molecule has 0 unspecified atom stereocenters. The Morgan fingerprint density at radius 1 is 1.40 bits per heavy atom. The van der Waals surface area contributed by atoms with E-state index in [2.05, 4.69) is 5.32 Å². The first-order valence-electron chi connectivity index (χ1n) is 4.55. The van der Waals surface area contributed by atoms with Crippen LogP contribution in [0.1, 0.15) is 25.0 Å². The van der Waals surface area contributed by atoms with E-state index in [-0.39, 0.29) is 5.91 Å². The zero-order valence-corrected chi connectivity index (χ0v) is 9.70. The molecule has 0 saturated carbocycles. The Hall–Kier alpha value is -1.35. The van der Waals surface area contributed by atoms with Crippen molar-refractivity contribution in [3.05, 3.63) is 28.3 Å². The van der Waals surface area contributed by atoms with Crippen LogP contribution in [-0.4, -0.2) is 11.6 Å². The number of nitrogens with one attached hydrogen (secondary N) is 2. The molecule has 0 heterocycles. The monoisotopic (exact) mass is 224 g/mol. The van der Waals surface area contributed by atoms with Crippen molar-refractivity contribution >= 4 is 28.9 Å². The van der Waals surface area contributed by atoms with E-state index in [4.69, 9.17) is 17.0 Å². The Labute approximate surface area is 94.0 Å². The van der Waals surface area contributed by atoms with Crippen molar-refractivity contribution < 1.29 is 4.79 Å². The van der Waals surface area contributed by atoms with Crippen molar-refractivity contribution in [2.24, 2.45) is 0 Å². The third kappa shape index (κ3) is 2.80. The van der Waals surface area contributed by atoms with E-state index >= 15 is 0 Å². The summed E-state index contributed by atoms with van der Waals surface area (Å²) >= 11 is 6.02. The highest BCUT2D eigenvalue weighted by atomic mass is 35.5. The molecule has 0 fully saturated rings. The van der Waals surface area contributed by atoms with Crippen LogP contribution in [0.2, 0.25) is 5.02 Å². The Morgan fingerprint density at radius 3 is 2.47 bits per heavy atom. The van der Waals surface area contributed by atoms with E-state index in [1.54, 1.807) is 19.1 Å². The maximum atomic E-state index is 11.0. The molecule has 80 valence electrons. The zero-order valence-electron chi connectivity index (χ0n) is 8.94. The first-order chi connectivity index (χ1) is 6.91. The molecular weight excluding hydrogens is 212 g/mol. The van der Waals surface area contributed by atoms with Gasteiger partial charge in [0.15, 0.2) is 0 Å². The molecule has 3 nitrogen and oxygen atoms in total. The van der Waals surface area contributed by atoms with Gasteiger partial charge in [-0.3, -0.25) is 4.79 Å². The van der Waals surface area contributed by atoms with Crippen LogP contribution in [0.15, 0.2) is 12.1 Å². The number of hydrogen-bond donors (Lipinski definition) is 2. The number of hydrogen-bond acceptors (Lipinski definition) is 2. The summed E-state index contributed by atoms with van der Waals surface area (Å²) in [7, 11) is 0. The van der Waals surface area contributed by atoms with Gasteiger partial charge in [0.05, 0.1) is 10.7 Å². The minimum absolute atomic E-state index is 0.167. The lowest BCUT2D eigenvalue weighted by molar-refractivity contribution is -0.114. The van der Waals surface area contributed by atoms with Crippen LogP contribution in [0, 0.1) is 12.3 Å². The molecule has 0 aliphatic carbocycles. The summed E-state index contributed by atoms with van der Waals surface area (Å²) in [6, 6.07) is 3.58. The van der Waals surface area contributed by atoms with E-state index in [9.17, 15) is 4.79 Å². The highest BCUT2D eigenvalue weighted by molar-refractivity contribution is 6.35. The quantitative estimate of drug-likeness (QED) is 0.746. The minimum Gasteiger partial charge on any atom is -0.326 e. The molecule has 0 aromatic heterocycles. The average molecular weight is 225 g/mol. The van der Waals surface area contributed by atoms with Gasteiger partial charge in [0.25, 0.3) is 0 Å². The van der Waals surface area contributed by atoms with Crippen LogP contribution in [0.25, 0.3) is 0 Å². The van der Waals surface area contributed by atoms with Gasteiger partial charge >= 0.3 is 0 Å². The van der Waals surface area contributed by atoms with Crippen molar-refractivity contribution in [3.8, 4) is 0 Å². The third-order valence-electron chi connectivity index (χ3n) is 1.92. The number of halogens is 1. The molecular formula is C11H13ClN2O. The number of amides is 1. The maximum Gasteiger partial charge on any atom is 0.221 e. The molecule has 0 radical (unpaired) electrons. The molecule has 2 N–H and O–H groups in total. The van der Waals surface area contributed by atoms with Gasteiger partial charge in [0.1, 0.15) is 0 Å². The average Bonchev–Trinajstić information content (AvgIpc) is 1.99. The van der Waals surface area contributed by atoms with Crippen molar-refractivity contribution in [2.75, 3.05) is 5.32 Å². The molecule has 1 amide bonds. The minimum atomic E-state index is -0.167. The molecule has 0 aliphatic rings. The van der Waals surface area contributed by atoms with Crippen LogP contribution in [0.5, 0.6) is 0 Å². The Morgan fingerprint density at radius 2 is 2.00 bits per heavy atom. The molecule has 1 rings (SSSR count). The van der Waals surface area contributed by atoms with Gasteiger partial charge in [0.2, 0.25) is 5.91 Å². The van der Waals surface area contributed by atoms with E-state index in [1.165, 1.54) is 6.92 Å². The number of carbonyl (C=O) groups excluding carboxylic acids is 1. The molecule has 0 atom stereocenters. The lowest BCUT2D eigenvalue weighted by atomic mass is 10.1. The smallest absolute Gasteiger partial charge is 0.221 e. The van der Waals surface area contributed by atoms with Crippen molar-refractivity contribution in [3.63, 3.8) is 0 Å². The number of rotatable bonds is 2. The predicted molar refractivity (Wildman–Crippen MR) is 63.0 cm³/mol. The topological polar surface area (TPSA) is 53.0 Å². The third-order valence-corrected chi connectivity index (χ3v) is 2.22. The van der Waals surface area contributed by atoms with Crippen LogP contribution >= 0.6 is 11.6 Å². The van der Waals surface area contributed by atoms with Gasteiger partial charge in [-0.2, -0.15) is 0 Å². The van der Waals surface area contributed by atoms with Gasteiger partial charge in [0, 0.05) is 18.2 Å². The van der Waals surface area contributed by atoms with Gasteiger partial charge in [-0.1, -0.05) is 11.6 Å². The van der Waals surface area contributed by atoms with E-state index in [0.29, 0.717) is 22.0 Å². The van der Waals surface area contributed by atoms with Crippen molar-refractivity contribution in [1.82, 2.24) is 0 Å². The number of aryl methyl sites for hydroxylation is 1. The number of carbonyl (C=O) groups is 1. The lowest BCUT2D eigenvalue weighted by Crippen LogP contribution is -2.10. The number of anilines is 1. The summed E-state index contributed by atoms with van der Waals surface area (Å²) in [5, 5.41) is 10.8. The first kappa shape index (κ1) is 11.7. The summed E-state index contributed by atoms with van der Waals surface area (Å²) < 4.78 is 0. The highest BCUT2D eigenvalue weighted by Gasteiger charge is 2.11. The second-order valence-electron chi connectivity index (χ2n) is 3.48. The Kier molecular flexibility index (Phi) is 3.48. The Balaban J connectivity index is 3.33. The van der Waals surface area contributed by atoms with Crippen molar-refractivity contribution in [2.45, 2.75) is 20.8 Å². The molecule has 0 bridgehead atoms. The molecule has 1 aromatic rings. The molecule has 1 aromatic carbocycles. The van der Waals surface area contributed by atoms with Crippen LogP contribution in [0.4, 0.5) is 5.69 Å². The second kappa shape index (κ2) is 4.45. The largest absolute Gasteiger partial charge is 0.326 e. The number of benzene rings is 1. The van der Waals surface area contributed by atoms with E-state index in [0.717, 1.165) is 5.56 Å². The van der Waals surface area contributed by atoms with E-state index in [1.807, 2.05) is 6.92 Å². The highest BCUT2D eigenvalue weighted by Crippen LogP contribution is 2.26. The lowest BCUT2D eigenvalue weighted by Gasteiger charge is -2.11.